The van der Waals surface area contributed by atoms with Crippen molar-refractivity contribution < 1.29 is 13.9 Å². The summed E-state index contributed by atoms with van der Waals surface area (Å²) in [4.78, 5) is 50.0. The van der Waals surface area contributed by atoms with Gasteiger partial charge in [-0.15, -0.1) is 0 Å². The van der Waals surface area contributed by atoms with Gasteiger partial charge in [-0.1, -0.05) is 11.6 Å². The molecule has 0 N–H and O–H groups in total. The van der Waals surface area contributed by atoms with Crippen LogP contribution in [0.3, 0.4) is 0 Å². The Kier molecular flexibility index (Phi) is 7.86. The van der Waals surface area contributed by atoms with E-state index < -0.39 is 23.2 Å². The number of benzene rings is 1. The Bertz CT molecular complexity index is 2030. The summed E-state index contributed by atoms with van der Waals surface area (Å²) in [5.41, 5.74) is 1.27. The number of rotatable bonds is 5. The largest absolute Gasteiger partial charge is 0.444 e. The maximum absolute atomic E-state index is 15.3. The van der Waals surface area contributed by atoms with Gasteiger partial charge in [-0.3, -0.25) is 0 Å². The Hall–Kier alpha value is -4.63. The normalized spacial score (nSPS) is 19.8. The Morgan fingerprint density at radius 1 is 1.02 bits per heavy atom. The first-order valence-corrected chi connectivity index (χ1v) is 16.7. The fourth-order valence-electron chi connectivity index (χ4n) is 6.46. The number of anilines is 1. The zero-order valence-corrected chi connectivity index (χ0v) is 28.3. The average Bonchev–Trinajstić information content (AvgIpc) is 3.95. The van der Waals surface area contributed by atoms with E-state index in [1.54, 1.807) is 17.3 Å². The molecule has 4 aromatic rings. The van der Waals surface area contributed by atoms with Crippen molar-refractivity contribution in [2.45, 2.75) is 89.8 Å². The number of carbonyl (C=O) groups excluding carboxylic acids is 1. The topological polar surface area (TPSA) is 130 Å². The number of nitrogens with zero attached hydrogens (tertiary/aromatic N) is 8. The van der Waals surface area contributed by atoms with Crippen molar-refractivity contribution in [3.63, 3.8) is 0 Å². The van der Waals surface area contributed by atoms with E-state index in [-0.39, 0.29) is 51.4 Å². The first kappa shape index (κ1) is 31.9. The molecule has 7 rings (SSSR count). The summed E-state index contributed by atoms with van der Waals surface area (Å²) < 4.78 is 22.5. The average molecular weight is 671 g/mol. The van der Waals surface area contributed by atoms with Crippen molar-refractivity contribution in [2.75, 3.05) is 18.0 Å². The van der Waals surface area contributed by atoms with E-state index in [1.165, 1.54) is 22.8 Å². The number of aromatic nitrogens is 5. The highest BCUT2D eigenvalue weighted by Gasteiger charge is 2.39. The summed E-state index contributed by atoms with van der Waals surface area (Å²) in [6, 6.07) is 7.31. The first-order chi connectivity index (χ1) is 22.8. The van der Waals surface area contributed by atoms with E-state index in [0.29, 0.717) is 30.0 Å². The molecule has 2 atom stereocenters. The molecule has 48 heavy (non-hydrogen) atoms. The predicted molar refractivity (Wildman–Crippen MR) is 179 cm³/mol. The summed E-state index contributed by atoms with van der Waals surface area (Å²) in [6.45, 7) is 9.98. The lowest BCUT2D eigenvalue weighted by atomic mass is 10.0. The Morgan fingerprint density at radius 3 is 2.29 bits per heavy atom. The van der Waals surface area contributed by atoms with Crippen molar-refractivity contribution in [1.29, 1.82) is 5.26 Å². The molecular formula is C35H36ClFN8O3. The highest BCUT2D eigenvalue weighted by atomic mass is 35.5. The summed E-state index contributed by atoms with van der Waals surface area (Å²) in [5, 5.41) is 11.1. The van der Waals surface area contributed by atoms with E-state index in [0.717, 1.165) is 37.1 Å². The molecule has 0 unspecified atom stereocenters. The molecule has 3 aromatic heterocycles. The molecule has 11 nitrogen and oxygen atoms in total. The van der Waals surface area contributed by atoms with Crippen LogP contribution < -0.4 is 10.6 Å². The van der Waals surface area contributed by atoms with Crippen molar-refractivity contribution in [1.82, 2.24) is 29.4 Å². The second-order valence-electron chi connectivity index (χ2n) is 14.1. The third-order valence-corrected chi connectivity index (χ3v) is 9.30. The molecule has 1 aromatic carbocycles. The van der Waals surface area contributed by atoms with Gasteiger partial charge >= 0.3 is 11.8 Å². The lowest BCUT2D eigenvalue weighted by molar-refractivity contribution is 0.0130. The number of nitriles is 1. The lowest BCUT2D eigenvalue weighted by Crippen LogP contribution is -2.59. The van der Waals surface area contributed by atoms with Crippen LogP contribution in [0.25, 0.3) is 28.0 Å². The Morgan fingerprint density at radius 2 is 1.69 bits per heavy atom. The van der Waals surface area contributed by atoms with Crippen LogP contribution >= 0.6 is 11.6 Å². The SMILES string of the molecule is C[C@@H]1CN(c2nc(=O)n(-c3c(C4CC4)ncnc3C3CC3)c3nc(-c4cc(Cl)ccc4F)c(C#N)cc23)[C@@H](C)CN1C(=O)OC(C)(C)C. The van der Waals surface area contributed by atoms with Crippen LogP contribution in [0.15, 0.2) is 35.4 Å². The maximum atomic E-state index is 15.3. The van der Waals surface area contributed by atoms with Gasteiger partial charge in [-0.25, -0.2) is 33.5 Å². The molecule has 4 heterocycles. The van der Waals surface area contributed by atoms with Gasteiger partial charge in [0.15, 0.2) is 5.65 Å². The highest BCUT2D eigenvalue weighted by molar-refractivity contribution is 6.30. The minimum Gasteiger partial charge on any atom is -0.444 e. The van der Waals surface area contributed by atoms with Crippen LogP contribution in [0.4, 0.5) is 15.0 Å². The van der Waals surface area contributed by atoms with Gasteiger partial charge in [0.25, 0.3) is 0 Å². The quantitative estimate of drug-likeness (QED) is 0.234. The molecule has 13 heteroatoms. The number of hydrogen-bond acceptors (Lipinski definition) is 9. The highest BCUT2D eigenvalue weighted by Crippen LogP contribution is 2.47. The van der Waals surface area contributed by atoms with Crippen LogP contribution in [0.5, 0.6) is 0 Å². The molecule has 1 saturated heterocycles. The zero-order valence-electron chi connectivity index (χ0n) is 27.5. The molecular weight excluding hydrogens is 635 g/mol. The number of fused-ring (bicyclic) bond motifs is 1. The van der Waals surface area contributed by atoms with Crippen molar-refractivity contribution >= 4 is 34.5 Å². The van der Waals surface area contributed by atoms with Gasteiger partial charge in [-0.05, 0) is 84.6 Å². The molecule has 0 radical (unpaired) electrons. The summed E-state index contributed by atoms with van der Waals surface area (Å²) in [5.74, 6) is 0.0701. The van der Waals surface area contributed by atoms with Gasteiger partial charge in [0.2, 0.25) is 0 Å². The summed E-state index contributed by atoms with van der Waals surface area (Å²) in [7, 11) is 0. The summed E-state index contributed by atoms with van der Waals surface area (Å²) >= 11 is 6.28. The Labute approximate surface area is 282 Å². The molecule has 0 spiro atoms. The monoisotopic (exact) mass is 670 g/mol. The maximum Gasteiger partial charge on any atom is 0.410 e. The number of halogens is 2. The van der Waals surface area contributed by atoms with E-state index in [2.05, 4.69) is 21.0 Å². The number of pyridine rings is 1. The van der Waals surface area contributed by atoms with E-state index >= 15 is 4.39 Å². The minimum absolute atomic E-state index is 0.0421. The summed E-state index contributed by atoms with van der Waals surface area (Å²) in [6.07, 6.45) is 4.90. The number of amides is 1. The minimum atomic E-state index is -0.654. The number of ether oxygens (including phenoxy) is 1. The zero-order chi connectivity index (χ0) is 34.1. The number of hydrogen-bond donors (Lipinski definition) is 0. The molecule has 248 valence electrons. The standard InChI is InChI=1S/C35H36ClFN8O3/c1-18-16-44(34(47)48-35(3,4)5)19(2)15-43(18)31-25-12-22(14-38)27(24-13-23(36)10-11-26(24)37)41-32(25)45(33(46)42-31)30-28(20-6-7-20)39-17-40-29(30)21-8-9-21/h10-13,17-21H,6-9,15-16H2,1-5H3/t18-,19+/m0/s1. The molecule has 3 aliphatic rings. The van der Waals surface area contributed by atoms with Gasteiger partial charge in [0.05, 0.1) is 33.7 Å². The number of piperazine rings is 1. The smallest absolute Gasteiger partial charge is 0.410 e. The molecule has 1 aliphatic heterocycles. The van der Waals surface area contributed by atoms with Crippen molar-refractivity contribution in [3.8, 4) is 23.0 Å². The molecule has 2 aliphatic carbocycles. The van der Waals surface area contributed by atoms with E-state index in [9.17, 15) is 14.9 Å². The first-order valence-electron chi connectivity index (χ1n) is 16.3. The molecule has 0 bridgehead atoms. The fourth-order valence-corrected chi connectivity index (χ4v) is 6.64. The molecule has 1 amide bonds. The Balaban J connectivity index is 1.46. The molecule has 2 saturated carbocycles. The third-order valence-electron chi connectivity index (χ3n) is 9.07. The van der Waals surface area contributed by atoms with Gasteiger partial charge in [0, 0.05) is 47.6 Å². The fraction of sp³-hybridized carbons (Fsp3) is 0.457. The third kappa shape index (κ3) is 5.85. The molecule has 3 fully saturated rings. The van der Waals surface area contributed by atoms with Crippen molar-refractivity contribution in [3.05, 3.63) is 68.9 Å². The van der Waals surface area contributed by atoms with Crippen LogP contribution in [-0.4, -0.2) is 66.3 Å². The predicted octanol–water partition coefficient (Wildman–Crippen LogP) is 6.49. The van der Waals surface area contributed by atoms with Crippen LogP contribution in [-0.2, 0) is 4.74 Å². The van der Waals surface area contributed by atoms with Crippen LogP contribution in [0, 0.1) is 17.1 Å². The number of carbonyl (C=O) groups is 1. The second-order valence-corrected chi connectivity index (χ2v) is 14.5. The lowest BCUT2D eigenvalue weighted by Gasteiger charge is -2.44. The van der Waals surface area contributed by atoms with Gasteiger partial charge in [0.1, 0.15) is 29.6 Å². The van der Waals surface area contributed by atoms with E-state index in [1.807, 2.05) is 39.5 Å². The second kappa shape index (κ2) is 11.8. The van der Waals surface area contributed by atoms with Crippen LogP contribution in [0.2, 0.25) is 5.02 Å². The van der Waals surface area contributed by atoms with E-state index in [4.69, 9.17) is 21.3 Å². The van der Waals surface area contributed by atoms with Gasteiger partial charge < -0.3 is 14.5 Å². The van der Waals surface area contributed by atoms with Crippen molar-refractivity contribution in [2.24, 2.45) is 0 Å². The van der Waals surface area contributed by atoms with Crippen LogP contribution in [0.1, 0.15) is 89.1 Å². The van der Waals surface area contributed by atoms with Gasteiger partial charge in [-0.2, -0.15) is 10.2 Å².